The molecule has 2 bridgehead atoms. The molecule has 0 aliphatic carbocycles. The van der Waals surface area contributed by atoms with E-state index in [2.05, 4.69) is 13.5 Å². The van der Waals surface area contributed by atoms with Crippen molar-refractivity contribution in [2.45, 2.75) is 63.8 Å². The van der Waals surface area contributed by atoms with Gasteiger partial charge in [0.2, 0.25) is 0 Å². The van der Waals surface area contributed by atoms with E-state index in [1.165, 1.54) is 0 Å². The molecule has 100 valence electrons. The number of ether oxygens (including phenoxy) is 2. The van der Waals surface area contributed by atoms with Crippen LogP contribution in [-0.2, 0) is 14.3 Å². The van der Waals surface area contributed by atoms with Gasteiger partial charge >= 0.3 is 5.97 Å². The Kier molecular flexibility index (Phi) is 2.77. The van der Waals surface area contributed by atoms with Gasteiger partial charge in [0, 0.05) is 5.92 Å². The number of fused-ring (bicyclic) bond motifs is 4. The van der Waals surface area contributed by atoms with Crippen LogP contribution >= 0.6 is 0 Å². The maximum absolute atomic E-state index is 11.8. The molecule has 0 spiro atoms. The monoisotopic (exact) mass is 250 g/mol. The molecule has 0 N–H and O–H groups in total. The molecule has 0 saturated carbocycles. The standard InChI is InChI=1S/C15H22O3/c1-9-5-4-7-15(3)8-6-11-10(2)14(16)17-13(11)12(9)18-15/h10-13H,1,4-8H2,2-3H3/t10-,11-,12+,13-,15-/m0/s1. The van der Waals surface area contributed by atoms with Crippen molar-refractivity contribution >= 4 is 5.97 Å². The van der Waals surface area contributed by atoms with Crippen LogP contribution in [0.4, 0.5) is 0 Å². The Morgan fingerprint density at radius 3 is 2.94 bits per heavy atom. The van der Waals surface area contributed by atoms with Gasteiger partial charge in [0.15, 0.2) is 0 Å². The fourth-order valence-electron chi connectivity index (χ4n) is 3.72. The van der Waals surface area contributed by atoms with Crippen molar-refractivity contribution < 1.29 is 14.3 Å². The van der Waals surface area contributed by atoms with Gasteiger partial charge in [-0.25, -0.2) is 0 Å². The van der Waals surface area contributed by atoms with Gasteiger partial charge in [-0.15, -0.1) is 0 Å². The third-order valence-electron chi connectivity index (χ3n) is 5.01. The van der Waals surface area contributed by atoms with Gasteiger partial charge < -0.3 is 9.47 Å². The smallest absolute Gasteiger partial charge is 0.309 e. The predicted molar refractivity (Wildman–Crippen MR) is 68.0 cm³/mol. The topological polar surface area (TPSA) is 35.5 Å². The summed E-state index contributed by atoms with van der Waals surface area (Å²) in [6.45, 7) is 8.35. The van der Waals surface area contributed by atoms with Crippen LogP contribution in [-0.4, -0.2) is 23.8 Å². The second-order valence-electron chi connectivity index (χ2n) is 6.39. The van der Waals surface area contributed by atoms with Crippen molar-refractivity contribution in [2.24, 2.45) is 11.8 Å². The third kappa shape index (κ3) is 1.80. The molecule has 0 aromatic rings. The lowest BCUT2D eigenvalue weighted by molar-refractivity contribution is -0.153. The summed E-state index contributed by atoms with van der Waals surface area (Å²) in [4.78, 5) is 11.8. The quantitative estimate of drug-likeness (QED) is 0.490. The first-order valence-electron chi connectivity index (χ1n) is 7.06. The van der Waals surface area contributed by atoms with Crippen LogP contribution < -0.4 is 0 Å². The van der Waals surface area contributed by atoms with Gasteiger partial charge in [0.05, 0.1) is 11.5 Å². The Morgan fingerprint density at radius 1 is 1.39 bits per heavy atom. The molecule has 3 heteroatoms. The lowest BCUT2D eigenvalue weighted by Gasteiger charge is -2.31. The summed E-state index contributed by atoms with van der Waals surface area (Å²) in [5, 5.41) is 0. The Hall–Kier alpha value is -0.830. The Morgan fingerprint density at radius 2 is 2.17 bits per heavy atom. The van der Waals surface area contributed by atoms with E-state index in [1.807, 2.05) is 6.92 Å². The first kappa shape index (κ1) is 12.2. The molecular weight excluding hydrogens is 228 g/mol. The first-order chi connectivity index (χ1) is 8.50. The molecule has 0 radical (unpaired) electrons. The second-order valence-corrected chi connectivity index (χ2v) is 6.39. The maximum Gasteiger partial charge on any atom is 0.309 e. The molecule has 3 aliphatic heterocycles. The van der Waals surface area contributed by atoms with E-state index in [-0.39, 0.29) is 29.7 Å². The number of hydrogen-bond donors (Lipinski definition) is 0. The average molecular weight is 250 g/mol. The summed E-state index contributed by atoms with van der Waals surface area (Å²) in [7, 11) is 0. The molecule has 0 unspecified atom stereocenters. The fourth-order valence-corrected chi connectivity index (χ4v) is 3.72. The van der Waals surface area contributed by atoms with Gasteiger partial charge in [-0.3, -0.25) is 4.79 Å². The largest absolute Gasteiger partial charge is 0.459 e. The molecule has 3 aliphatic rings. The normalized spacial score (nSPS) is 48.1. The molecule has 18 heavy (non-hydrogen) atoms. The van der Waals surface area contributed by atoms with E-state index < -0.39 is 0 Å². The summed E-state index contributed by atoms with van der Waals surface area (Å²) < 4.78 is 11.9. The third-order valence-corrected chi connectivity index (χ3v) is 5.01. The van der Waals surface area contributed by atoms with Crippen LogP contribution in [0, 0.1) is 11.8 Å². The highest BCUT2D eigenvalue weighted by Gasteiger charge is 2.51. The minimum Gasteiger partial charge on any atom is -0.459 e. The number of carbonyl (C=O) groups is 1. The van der Waals surface area contributed by atoms with E-state index in [9.17, 15) is 4.79 Å². The highest BCUT2D eigenvalue weighted by molar-refractivity contribution is 5.75. The van der Waals surface area contributed by atoms with Crippen molar-refractivity contribution in [3.8, 4) is 0 Å². The molecule has 3 heterocycles. The molecule has 3 saturated heterocycles. The molecule has 0 aromatic carbocycles. The van der Waals surface area contributed by atoms with Crippen LogP contribution in [0.1, 0.15) is 46.0 Å². The van der Waals surface area contributed by atoms with Crippen molar-refractivity contribution in [1.82, 2.24) is 0 Å². The molecule has 3 rings (SSSR count). The second kappa shape index (κ2) is 4.09. The lowest BCUT2D eigenvalue weighted by Crippen LogP contribution is -2.37. The molecule has 3 nitrogen and oxygen atoms in total. The highest BCUT2D eigenvalue weighted by atomic mass is 16.6. The number of carbonyl (C=O) groups excluding carboxylic acids is 1. The van der Waals surface area contributed by atoms with Crippen LogP contribution in [0.25, 0.3) is 0 Å². The van der Waals surface area contributed by atoms with E-state index in [4.69, 9.17) is 9.47 Å². The number of hydrogen-bond acceptors (Lipinski definition) is 3. The summed E-state index contributed by atoms with van der Waals surface area (Å²) in [6, 6.07) is 0. The van der Waals surface area contributed by atoms with E-state index in [0.29, 0.717) is 5.92 Å². The minimum atomic E-state index is -0.0973. The van der Waals surface area contributed by atoms with E-state index in [0.717, 1.165) is 37.7 Å². The van der Waals surface area contributed by atoms with Gasteiger partial charge in [-0.05, 0) is 44.6 Å². The SMILES string of the molecule is C=C1CCC[C@@]2(C)CC[C@@H]3[C@H](OC(=O)[C@H]3C)[C@@H]1O2. The summed E-state index contributed by atoms with van der Waals surface area (Å²) in [5.41, 5.74) is 1.05. The van der Waals surface area contributed by atoms with Crippen LogP contribution in [0.3, 0.4) is 0 Å². The van der Waals surface area contributed by atoms with Crippen molar-refractivity contribution in [3.05, 3.63) is 12.2 Å². The van der Waals surface area contributed by atoms with Crippen molar-refractivity contribution in [3.63, 3.8) is 0 Å². The van der Waals surface area contributed by atoms with Gasteiger partial charge in [0.25, 0.3) is 0 Å². The number of rotatable bonds is 0. The van der Waals surface area contributed by atoms with Crippen LogP contribution in [0.5, 0.6) is 0 Å². The molecular formula is C15H22O3. The van der Waals surface area contributed by atoms with Crippen molar-refractivity contribution in [1.29, 1.82) is 0 Å². The molecule has 0 amide bonds. The predicted octanol–water partition coefficient (Wildman–Crippen LogP) is 2.84. The number of esters is 1. The van der Waals surface area contributed by atoms with Crippen molar-refractivity contribution in [2.75, 3.05) is 0 Å². The van der Waals surface area contributed by atoms with E-state index in [1.54, 1.807) is 0 Å². The maximum atomic E-state index is 11.8. The molecule has 0 aromatic heterocycles. The lowest BCUT2D eigenvalue weighted by atomic mass is 9.81. The first-order valence-corrected chi connectivity index (χ1v) is 7.06. The zero-order chi connectivity index (χ0) is 12.9. The Bertz CT molecular complexity index is 389. The van der Waals surface area contributed by atoms with Gasteiger partial charge in [-0.2, -0.15) is 0 Å². The molecule has 3 fully saturated rings. The van der Waals surface area contributed by atoms with Crippen LogP contribution in [0.15, 0.2) is 12.2 Å². The minimum absolute atomic E-state index is 0.00989. The van der Waals surface area contributed by atoms with Gasteiger partial charge in [-0.1, -0.05) is 13.5 Å². The fraction of sp³-hybridized carbons (Fsp3) is 0.800. The summed E-state index contributed by atoms with van der Waals surface area (Å²) in [6.07, 6.45) is 5.09. The van der Waals surface area contributed by atoms with E-state index >= 15 is 0 Å². The zero-order valence-corrected chi connectivity index (χ0v) is 11.3. The average Bonchev–Trinajstić information content (AvgIpc) is 2.47. The zero-order valence-electron chi connectivity index (χ0n) is 11.3. The Labute approximate surface area is 109 Å². The Balaban J connectivity index is 1.95. The summed E-state index contributed by atoms with van der Waals surface area (Å²) in [5.74, 6) is 0.254. The van der Waals surface area contributed by atoms with Crippen LogP contribution in [0.2, 0.25) is 0 Å². The summed E-state index contributed by atoms with van der Waals surface area (Å²) >= 11 is 0. The molecule has 5 atom stereocenters. The van der Waals surface area contributed by atoms with Gasteiger partial charge in [0.1, 0.15) is 12.2 Å². The highest BCUT2D eigenvalue weighted by Crippen LogP contribution is 2.46.